The van der Waals surface area contributed by atoms with Crippen molar-refractivity contribution in [2.24, 2.45) is 0 Å². The summed E-state index contributed by atoms with van der Waals surface area (Å²) in [6.07, 6.45) is 20.7. The standard InChI is InChI=1S/C65H70N2O2P/c1-5-9-44-66-57(53-30-22-32-55-61(68-46-11-7-3)42-40-59(66)63(53)55)38-36-48-34-35-49(65(48)70(50-24-16-13-17-25-50,51-26-18-14-19-27-51)52-28-20-15-21-29-52)37-39-58-54-31-23-33-56-62(69-47-12-8-4)43-41-60(64(54)56)67(58)45-10-6-2/h13-33,36-43,70H,5-12,34-35,44-47H2,1-4H3/q+1. The van der Waals surface area contributed by atoms with E-state index in [2.05, 4.69) is 213 Å². The first-order chi connectivity index (χ1) is 34.6. The molecule has 356 valence electrons. The Bertz CT molecular complexity index is 3210. The number of benzene rings is 7. The van der Waals surface area contributed by atoms with Gasteiger partial charge in [-0.05, 0) is 0 Å². The van der Waals surface area contributed by atoms with Crippen LogP contribution in [0.5, 0.6) is 11.5 Å². The first kappa shape index (κ1) is 47.2. The fourth-order valence-electron chi connectivity index (χ4n) is 11.4. The van der Waals surface area contributed by atoms with Gasteiger partial charge in [-0.1, -0.05) is 26.7 Å². The van der Waals surface area contributed by atoms with E-state index >= 15 is 0 Å². The van der Waals surface area contributed by atoms with Crippen LogP contribution < -0.4 is 30.7 Å². The molecule has 10 rings (SSSR count). The van der Waals surface area contributed by atoms with Crippen molar-refractivity contribution in [2.45, 2.75) is 98.4 Å². The van der Waals surface area contributed by atoms with Crippen LogP contribution in [-0.4, -0.2) is 34.6 Å². The second-order valence-electron chi connectivity index (χ2n) is 19.2. The summed E-state index contributed by atoms with van der Waals surface area (Å²) in [6.45, 7) is 12.4. The third-order valence-electron chi connectivity index (χ3n) is 14.8. The van der Waals surface area contributed by atoms with E-state index < -0.39 is 7.26 Å². The van der Waals surface area contributed by atoms with Crippen molar-refractivity contribution in [3.63, 3.8) is 0 Å². The van der Waals surface area contributed by atoms with Gasteiger partial charge >= 0.3 is 392 Å². The fourth-order valence-corrected chi connectivity index (χ4v) is 16.7. The summed E-state index contributed by atoms with van der Waals surface area (Å²) < 4.78 is 18.1. The molecule has 0 unspecified atom stereocenters. The maximum absolute atomic E-state index is 6.45. The van der Waals surface area contributed by atoms with Gasteiger partial charge in [-0.2, -0.15) is 0 Å². The summed E-state index contributed by atoms with van der Waals surface area (Å²) in [5.74, 6) is 1.97. The summed E-state index contributed by atoms with van der Waals surface area (Å²) in [5, 5.41) is 13.3. The van der Waals surface area contributed by atoms with E-state index in [1.807, 2.05) is 0 Å². The molecular formula is C65H70N2O2P+. The second kappa shape index (κ2) is 21.7. The molecule has 0 saturated heterocycles. The first-order valence-corrected chi connectivity index (χ1v) is 28.4. The van der Waals surface area contributed by atoms with Crippen molar-refractivity contribution in [1.82, 2.24) is 4.57 Å². The van der Waals surface area contributed by atoms with Gasteiger partial charge in [0.15, 0.2) is 0 Å². The molecule has 0 N–H and O–H groups in total. The number of aromatic nitrogens is 1. The molecular weight excluding hydrogens is 872 g/mol. The zero-order chi connectivity index (χ0) is 47.9. The van der Waals surface area contributed by atoms with Crippen LogP contribution in [0.1, 0.15) is 97.5 Å². The first-order valence-electron chi connectivity index (χ1n) is 26.4. The molecule has 0 atom stereocenters. The number of ether oxygens (including phenoxy) is 2. The van der Waals surface area contributed by atoms with Gasteiger partial charge in [-0.3, -0.25) is 0 Å². The molecule has 7 aromatic carbocycles. The Morgan fingerprint density at radius 3 is 1.71 bits per heavy atom. The Kier molecular flexibility index (Phi) is 14.6. The van der Waals surface area contributed by atoms with Crippen LogP contribution >= 0.6 is 7.26 Å². The number of hydrogen-bond donors (Lipinski definition) is 0. The van der Waals surface area contributed by atoms with E-state index in [9.17, 15) is 0 Å². The topological polar surface area (TPSA) is 26.4 Å². The number of allylic oxidation sites excluding steroid dienone is 6. The van der Waals surface area contributed by atoms with Crippen LogP contribution in [0.25, 0.3) is 38.5 Å². The van der Waals surface area contributed by atoms with E-state index in [0.29, 0.717) is 0 Å². The third kappa shape index (κ3) is 8.74. The SMILES string of the molecule is CCCCOc1ccc2c3c(cccc13)C(/C=C/C1=C([PH](c3ccccc3)(c3ccccc3)c3ccccc3)C(=C/C=c3\c4cccc5c(OCCCC)ccc(c54)n3CCCC)/CC1)=[N+]2CCCC. The maximum atomic E-state index is 6.45. The van der Waals surface area contributed by atoms with Crippen LogP contribution in [0, 0.1) is 0 Å². The molecule has 5 heteroatoms. The summed E-state index contributed by atoms with van der Waals surface area (Å²) in [6, 6.07) is 57.1. The van der Waals surface area contributed by atoms with E-state index in [-0.39, 0.29) is 0 Å². The van der Waals surface area contributed by atoms with Gasteiger partial charge in [-0.15, -0.1) is 0 Å². The molecule has 8 aromatic rings. The van der Waals surface area contributed by atoms with Gasteiger partial charge < -0.3 is 0 Å². The molecule has 2 heterocycles. The van der Waals surface area contributed by atoms with Gasteiger partial charge in [0.1, 0.15) is 0 Å². The minimum absolute atomic E-state index is 0.735. The van der Waals surface area contributed by atoms with Crippen LogP contribution in [0.2, 0.25) is 0 Å². The van der Waals surface area contributed by atoms with Crippen LogP contribution in [0.3, 0.4) is 0 Å². The number of unbranched alkanes of at least 4 members (excludes halogenated alkanes) is 4. The number of rotatable bonds is 21. The number of hydrogen-bond acceptors (Lipinski definition) is 2. The molecule has 0 saturated carbocycles. The van der Waals surface area contributed by atoms with Crippen molar-refractivity contribution in [3.05, 3.63) is 197 Å². The van der Waals surface area contributed by atoms with Crippen molar-refractivity contribution >= 4 is 73.1 Å². The normalized spacial score (nSPS) is 15.0. The van der Waals surface area contributed by atoms with Crippen molar-refractivity contribution in [1.29, 1.82) is 0 Å². The van der Waals surface area contributed by atoms with Crippen molar-refractivity contribution in [3.8, 4) is 11.5 Å². The fraction of sp³-hybridized carbons (Fsp3) is 0.277. The summed E-state index contributed by atoms with van der Waals surface area (Å²) >= 11 is 0. The predicted molar refractivity (Wildman–Crippen MR) is 303 cm³/mol. The molecule has 0 spiro atoms. The zero-order valence-corrected chi connectivity index (χ0v) is 42.9. The van der Waals surface area contributed by atoms with Crippen molar-refractivity contribution < 1.29 is 14.0 Å². The number of nitrogens with zero attached hydrogens (tertiary/aromatic N) is 2. The van der Waals surface area contributed by atoms with E-state index in [0.717, 1.165) is 102 Å². The monoisotopic (exact) mass is 942 g/mol. The Morgan fingerprint density at radius 2 is 1.10 bits per heavy atom. The molecule has 70 heavy (non-hydrogen) atoms. The summed E-state index contributed by atoms with van der Waals surface area (Å²) in [7, 11) is -2.96. The molecule has 0 radical (unpaired) electrons. The predicted octanol–water partition coefficient (Wildman–Crippen LogP) is 14.8. The molecule has 0 fully saturated rings. The van der Waals surface area contributed by atoms with Gasteiger partial charge in [0.05, 0.1) is 0 Å². The Labute approximate surface area is 416 Å². The molecule has 2 aliphatic rings. The second-order valence-corrected chi connectivity index (χ2v) is 23.0. The average molecular weight is 942 g/mol. The molecule has 0 amide bonds. The average Bonchev–Trinajstić information content (AvgIpc) is 4.06. The summed E-state index contributed by atoms with van der Waals surface area (Å²) in [5.41, 5.74) is 8.00. The third-order valence-corrected chi connectivity index (χ3v) is 19.8. The van der Waals surface area contributed by atoms with E-state index in [4.69, 9.17) is 9.47 Å². The van der Waals surface area contributed by atoms with Crippen LogP contribution in [0.15, 0.2) is 186 Å². The van der Waals surface area contributed by atoms with E-state index in [1.165, 1.54) is 87.1 Å². The molecule has 4 nitrogen and oxygen atoms in total. The molecule has 1 aliphatic heterocycles. The summed E-state index contributed by atoms with van der Waals surface area (Å²) in [4.78, 5) is 0. The molecule has 1 aliphatic carbocycles. The molecule has 1 aromatic heterocycles. The van der Waals surface area contributed by atoms with Gasteiger partial charge in [0, 0.05) is 0 Å². The Balaban J connectivity index is 1.22. The van der Waals surface area contributed by atoms with Gasteiger partial charge in [-0.25, -0.2) is 0 Å². The minimum atomic E-state index is -2.96. The Hall–Kier alpha value is -6.48. The van der Waals surface area contributed by atoms with E-state index in [1.54, 1.807) is 0 Å². The van der Waals surface area contributed by atoms with Crippen molar-refractivity contribution in [2.75, 3.05) is 19.8 Å². The van der Waals surface area contributed by atoms with Crippen LogP contribution in [0.4, 0.5) is 5.69 Å². The van der Waals surface area contributed by atoms with Crippen LogP contribution in [-0.2, 0) is 6.54 Å². The zero-order valence-electron chi connectivity index (χ0n) is 41.9. The quantitative estimate of drug-likeness (QED) is 0.0408. The Morgan fingerprint density at radius 1 is 0.529 bits per heavy atom. The van der Waals surface area contributed by atoms with Gasteiger partial charge in [0.25, 0.3) is 0 Å². The molecule has 0 bridgehead atoms. The number of aryl methyl sites for hydroxylation is 1. The van der Waals surface area contributed by atoms with Gasteiger partial charge in [0.2, 0.25) is 0 Å².